The zero-order chi connectivity index (χ0) is 19.0. The van der Waals surface area contributed by atoms with E-state index in [9.17, 15) is 9.18 Å². The lowest BCUT2D eigenvalue weighted by Gasteiger charge is -2.07. The summed E-state index contributed by atoms with van der Waals surface area (Å²) in [6.07, 6.45) is 0. The van der Waals surface area contributed by atoms with Crippen molar-refractivity contribution in [3.05, 3.63) is 75.4 Å². The van der Waals surface area contributed by atoms with E-state index in [-0.39, 0.29) is 11.4 Å². The first-order valence-corrected chi connectivity index (χ1v) is 9.34. The molecule has 2 aromatic heterocycles. The molecule has 2 aromatic carbocycles. The van der Waals surface area contributed by atoms with Gasteiger partial charge in [-0.25, -0.2) is 14.2 Å². The topological polar surface area (TPSA) is 71.8 Å². The third-order valence-electron chi connectivity index (χ3n) is 4.40. The predicted octanol–water partition coefficient (Wildman–Crippen LogP) is 4.63. The lowest BCUT2D eigenvalue weighted by atomic mass is 10.0. The van der Waals surface area contributed by atoms with Crippen LogP contribution in [0.4, 0.5) is 4.39 Å². The van der Waals surface area contributed by atoms with Crippen molar-refractivity contribution in [1.82, 2.24) is 15.2 Å². The van der Waals surface area contributed by atoms with E-state index in [2.05, 4.69) is 15.2 Å². The molecule has 0 atom stereocenters. The minimum atomic E-state index is -0.386. The monoisotopic (exact) mass is 381 g/mol. The van der Waals surface area contributed by atoms with E-state index in [0.717, 1.165) is 22.1 Å². The molecule has 0 fully saturated rings. The van der Waals surface area contributed by atoms with E-state index in [4.69, 9.17) is 4.42 Å². The molecule has 0 bridgehead atoms. The predicted molar refractivity (Wildman–Crippen MR) is 103 cm³/mol. The van der Waals surface area contributed by atoms with Gasteiger partial charge in [-0.3, -0.25) is 5.10 Å². The fourth-order valence-corrected chi connectivity index (χ4v) is 3.62. The summed E-state index contributed by atoms with van der Waals surface area (Å²) in [6, 6.07) is 11.8. The van der Waals surface area contributed by atoms with Crippen molar-refractivity contribution >= 4 is 22.7 Å². The Kier molecular flexibility index (Phi) is 4.53. The van der Waals surface area contributed by atoms with Gasteiger partial charge in [-0.05, 0) is 54.8 Å². The summed E-state index contributed by atoms with van der Waals surface area (Å²) < 4.78 is 19.2. The van der Waals surface area contributed by atoms with Crippen LogP contribution in [-0.4, -0.2) is 15.2 Å². The number of thioether (sulfide) groups is 1. The average molecular weight is 381 g/mol. The number of aromatic amines is 1. The van der Waals surface area contributed by atoms with Crippen LogP contribution in [0.1, 0.15) is 16.7 Å². The first-order valence-electron chi connectivity index (χ1n) is 8.35. The molecule has 1 N–H and O–H groups in total. The Labute approximate surface area is 158 Å². The van der Waals surface area contributed by atoms with Crippen molar-refractivity contribution in [3.63, 3.8) is 0 Å². The number of benzene rings is 2. The van der Waals surface area contributed by atoms with Crippen molar-refractivity contribution in [2.75, 3.05) is 0 Å². The molecule has 0 unspecified atom stereocenters. The van der Waals surface area contributed by atoms with Crippen LogP contribution >= 0.6 is 11.8 Å². The Morgan fingerprint density at radius 2 is 1.93 bits per heavy atom. The SMILES string of the molecule is Cc1cc2oc(=O)cc(CSc3n[nH]c(-c4ccccc4F)n3)c2cc1C. The van der Waals surface area contributed by atoms with Gasteiger partial charge in [-0.1, -0.05) is 23.9 Å². The van der Waals surface area contributed by atoms with E-state index in [1.807, 2.05) is 26.0 Å². The first kappa shape index (κ1) is 17.5. The van der Waals surface area contributed by atoms with Crippen molar-refractivity contribution in [2.45, 2.75) is 24.8 Å². The molecule has 0 aliphatic carbocycles. The smallest absolute Gasteiger partial charge is 0.336 e. The van der Waals surface area contributed by atoms with E-state index in [0.29, 0.717) is 27.9 Å². The lowest BCUT2D eigenvalue weighted by Crippen LogP contribution is -2.00. The average Bonchev–Trinajstić information content (AvgIpc) is 3.10. The van der Waals surface area contributed by atoms with E-state index >= 15 is 0 Å². The highest BCUT2D eigenvalue weighted by molar-refractivity contribution is 7.98. The Morgan fingerprint density at radius 1 is 1.15 bits per heavy atom. The second-order valence-corrected chi connectivity index (χ2v) is 7.20. The highest BCUT2D eigenvalue weighted by Gasteiger charge is 2.12. The molecule has 0 saturated heterocycles. The Bertz CT molecular complexity index is 1200. The van der Waals surface area contributed by atoms with Crippen LogP contribution in [-0.2, 0) is 5.75 Å². The summed E-state index contributed by atoms with van der Waals surface area (Å²) in [5.41, 5.74) is 3.60. The Morgan fingerprint density at radius 3 is 2.74 bits per heavy atom. The van der Waals surface area contributed by atoms with Crippen LogP contribution in [0.5, 0.6) is 0 Å². The molecule has 136 valence electrons. The number of fused-ring (bicyclic) bond motifs is 1. The first-order chi connectivity index (χ1) is 13.0. The molecule has 0 aliphatic rings. The maximum atomic E-state index is 13.9. The molecule has 0 radical (unpaired) electrons. The number of aromatic nitrogens is 3. The Balaban J connectivity index is 1.62. The van der Waals surface area contributed by atoms with Gasteiger partial charge < -0.3 is 4.42 Å². The normalized spacial score (nSPS) is 11.2. The van der Waals surface area contributed by atoms with Gasteiger partial charge in [0.2, 0.25) is 5.16 Å². The third kappa shape index (κ3) is 3.50. The van der Waals surface area contributed by atoms with Gasteiger partial charge in [0.25, 0.3) is 0 Å². The lowest BCUT2D eigenvalue weighted by molar-refractivity contribution is 0.559. The number of nitrogens with one attached hydrogen (secondary N) is 1. The van der Waals surface area contributed by atoms with Crippen LogP contribution in [0, 0.1) is 19.7 Å². The Hall–Kier alpha value is -2.93. The molecule has 0 aliphatic heterocycles. The van der Waals surface area contributed by atoms with Gasteiger partial charge in [0, 0.05) is 17.2 Å². The van der Waals surface area contributed by atoms with Crippen LogP contribution in [0.3, 0.4) is 0 Å². The number of hydrogen-bond donors (Lipinski definition) is 1. The summed E-state index contributed by atoms with van der Waals surface area (Å²) in [6.45, 7) is 4.00. The molecule has 27 heavy (non-hydrogen) atoms. The van der Waals surface area contributed by atoms with Gasteiger partial charge >= 0.3 is 5.63 Å². The zero-order valence-electron chi connectivity index (χ0n) is 14.7. The van der Waals surface area contributed by atoms with E-state index in [1.165, 1.54) is 23.9 Å². The largest absolute Gasteiger partial charge is 0.423 e. The van der Waals surface area contributed by atoms with Gasteiger partial charge in [0.05, 0.1) is 5.56 Å². The molecular weight excluding hydrogens is 365 g/mol. The number of halogens is 1. The molecule has 4 rings (SSSR count). The van der Waals surface area contributed by atoms with Crippen LogP contribution in [0.2, 0.25) is 0 Å². The molecule has 0 saturated carbocycles. The number of hydrogen-bond acceptors (Lipinski definition) is 5. The maximum absolute atomic E-state index is 13.9. The van der Waals surface area contributed by atoms with Crippen molar-refractivity contribution in [1.29, 1.82) is 0 Å². The summed E-state index contributed by atoms with van der Waals surface area (Å²) in [4.78, 5) is 16.2. The maximum Gasteiger partial charge on any atom is 0.336 e. The minimum Gasteiger partial charge on any atom is -0.423 e. The molecule has 4 aromatic rings. The van der Waals surface area contributed by atoms with Crippen molar-refractivity contribution < 1.29 is 8.81 Å². The summed E-state index contributed by atoms with van der Waals surface area (Å²) in [7, 11) is 0. The van der Waals surface area contributed by atoms with Crippen LogP contribution < -0.4 is 5.63 Å². The zero-order valence-corrected chi connectivity index (χ0v) is 15.6. The standard InChI is InChI=1S/C20H16FN3O2S/c1-11-7-15-13(9-18(25)26-17(15)8-12(11)2)10-27-20-22-19(23-24-20)14-5-3-4-6-16(14)21/h3-9H,10H2,1-2H3,(H,22,23,24). The highest BCUT2D eigenvalue weighted by atomic mass is 32.2. The molecular formula is C20H16FN3O2S. The second kappa shape index (κ2) is 7.00. The number of aryl methyl sites for hydroxylation is 2. The van der Waals surface area contributed by atoms with E-state index in [1.54, 1.807) is 18.2 Å². The van der Waals surface area contributed by atoms with Gasteiger partial charge in [-0.2, -0.15) is 0 Å². The quantitative estimate of drug-likeness (QED) is 0.412. The highest BCUT2D eigenvalue weighted by Crippen LogP contribution is 2.28. The van der Waals surface area contributed by atoms with Gasteiger partial charge in [0.15, 0.2) is 5.82 Å². The van der Waals surface area contributed by atoms with Crippen molar-refractivity contribution in [2.24, 2.45) is 0 Å². The van der Waals surface area contributed by atoms with Gasteiger partial charge in [-0.15, -0.1) is 5.10 Å². The molecule has 5 nitrogen and oxygen atoms in total. The minimum absolute atomic E-state index is 0.359. The fourth-order valence-electron chi connectivity index (χ4n) is 2.83. The molecule has 7 heteroatoms. The van der Waals surface area contributed by atoms with Gasteiger partial charge in [0.1, 0.15) is 11.4 Å². The fraction of sp³-hybridized carbons (Fsp3) is 0.150. The number of rotatable bonds is 4. The summed E-state index contributed by atoms with van der Waals surface area (Å²) >= 11 is 1.37. The van der Waals surface area contributed by atoms with E-state index < -0.39 is 0 Å². The number of H-pyrrole nitrogens is 1. The van der Waals surface area contributed by atoms with Crippen molar-refractivity contribution in [3.8, 4) is 11.4 Å². The van der Waals surface area contributed by atoms with Crippen LogP contribution in [0.25, 0.3) is 22.4 Å². The summed E-state index contributed by atoms with van der Waals surface area (Å²) in [5, 5.41) is 8.29. The molecule has 2 heterocycles. The van der Waals surface area contributed by atoms with Crippen LogP contribution in [0.15, 0.2) is 56.8 Å². The summed E-state index contributed by atoms with van der Waals surface area (Å²) in [5.74, 6) is 0.515. The third-order valence-corrected chi connectivity index (χ3v) is 5.29. The second-order valence-electron chi connectivity index (χ2n) is 6.26. The number of nitrogens with zero attached hydrogens (tertiary/aromatic N) is 2. The molecule has 0 amide bonds. The molecule has 0 spiro atoms.